The normalized spacial score (nSPS) is 20.0. The van der Waals surface area contributed by atoms with E-state index in [4.69, 9.17) is 14.7 Å². The Bertz CT molecular complexity index is 656. The molecule has 6 heteroatoms. The molecular weight excluding hydrogens is 278 g/mol. The fourth-order valence-electron chi connectivity index (χ4n) is 3.45. The molecule has 4 rings (SSSR count). The van der Waals surface area contributed by atoms with Crippen molar-refractivity contribution in [3.63, 3.8) is 0 Å². The molecule has 2 fully saturated rings. The Balaban J connectivity index is 1.77. The van der Waals surface area contributed by atoms with E-state index in [1.54, 1.807) is 0 Å². The number of nitrogens with one attached hydrogen (secondary N) is 1. The molecule has 0 aliphatic carbocycles. The predicted octanol–water partition coefficient (Wildman–Crippen LogP) is 2.27. The van der Waals surface area contributed by atoms with Crippen LogP contribution in [0.3, 0.4) is 0 Å². The lowest BCUT2D eigenvalue weighted by molar-refractivity contribution is 0.0846. The minimum Gasteiger partial charge on any atom is -0.381 e. The van der Waals surface area contributed by atoms with Gasteiger partial charge >= 0.3 is 0 Å². The summed E-state index contributed by atoms with van der Waals surface area (Å²) in [6.07, 6.45) is 8.82. The van der Waals surface area contributed by atoms with E-state index in [1.165, 1.54) is 18.5 Å². The second-order valence-electron chi connectivity index (χ2n) is 6.18. The average Bonchev–Trinajstić information content (AvgIpc) is 3.24. The highest BCUT2D eigenvalue weighted by Gasteiger charge is 2.23. The molecule has 0 saturated carbocycles. The third-order valence-electron chi connectivity index (χ3n) is 4.74. The number of hydrogen-bond donors (Lipinski definition) is 1. The number of hydrogen-bond acceptors (Lipinski definition) is 5. The van der Waals surface area contributed by atoms with Gasteiger partial charge in [0, 0.05) is 45.5 Å². The summed E-state index contributed by atoms with van der Waals surface area (Å²) in [5, 5.41) is 3.17. The molecule has 1 N–H and O–H groups in total. The molecule has 22 heavy (non-hydrogen) atoms. The smallest absolute Gasteiger partial charge is 0.180 e. The predicted molar refractivity (Wildman–Crippen MR) is 86.8 cm³/mol. The van der Waals surface area contributed by atoms with Crippen LogP contribution in [0.5, 0.6) is 0 Å². The zero-order valence-electron chi connectivity index (χ0n) is 13.1. The molecule has 0 bridgehead atoms. The summed E-state index contributed by atoms with van der Waals surface area (Å²) in [5.74, 6) is 2.42. The highest BCUT2D eigenvalue weighted by atomic mass is 16.5. The van der Waals surface area contributed by atoms with Crippen molar-refractivity contribution in [3.8, 4) is 0 Å². The molecule has 118 valence electrons. The Kier molecular flexibility index (Phi) is 3.62. The van der Waals surface area contributed by atoms with Crippen molar-refractivity contribution in [3.05, 3.63) is 18.1 Å². The molecule has 2 saturated heterocycles. The molecule has 0 radical (unpaired) electrons. The lowest BCUT2D eigenvalue weighted by atomic mass is 9.97. The van der Waals surface area contributed by atoms with Crippen LogP contribution < -0.4 is 10.2 Å². The van der Waals surface area contributed by atoms with Gasteiger partial charge in [0.25, 0.3) is 0 Å². The second-order valence-corrected chi connectivity index (χ2v) is 6.18. The summed E-state index contributed by atoms with van der Waals surface area (Å²) in [4.78, 5) is 12.1. The maximum atomic E-state index is 5.47. The zero-order valence-corrected chi connectivity index (χ0v) is 13.1. The van der Waals surface area contributed by atoms with E-state index < -0.39 is 0 Å². The molecule has 4 heterocycles. The first-order valence-electron chi connectivity index (χ1n) is 8.25. The Morgan fingerprint density at radius 1 is 1.14 bits per heavy atom. The van der Waals surface area contributed by atoms with Crippen LogP contribution in [0.15, 0.2) is 12.4 Å². The van der Waals surface area contributed by atoms with E-state index in [0.29, 0.717) is 5.92 Å². The number of fused-ring (bicyclic) bond motifs is 1. The maximum Gasteiger partial charge on any atom is 0.180 e. The summed E-state index contributed by atoms with van der Waals surface area (Å²) in [5.41, 5.74) is 2.17. The van der Waals surface area contributed by atoms with Gasteiger partial charge in [-0.15, -0.1) is 0 Å². The molecule has 2 aliphatic heterocycles. The average molecular weight is 301 g/mol. The van der Waals surface area contributed by atoms with Gasteiger partial charge in [0.05, 0.1) is 11.9 Å². The second kappa shape index (κ2) is 5.76. The minimum absolute atomic E-state index is 0.512. The van der Waals surface area contributed by atoms with Crippen molar-refractivity contribution in [2.24, 2.45) is 0 Å². The van der Waals surface area contributed by atoms with Gasteiger partial charge in [-0.3, -0.25) is 0 Å². The first kappa shape index (κ1) is 13.8. The van der Waals surface area contributed by atoms with E-state index in [9.17, 15) is 0 Å². The SMILES string of the molecule is CNc1cn2cc(C3CCOCC3)nc2c(N2CCCC2)n1. The molecule has 0 spiro atoms. The van der Waals surface area contributed by atoms with Crippen LogP contribution in [0.1, 0.15) is 37.3 Å². The summed E-state index contributed by atoms with van der Waals surface area (Å²) in [6, 6.07) is 0. The summed E-state index contributed by atoms with van der Waals surface area (Å²) < 4.78 is 7.61. The largest absolute Gasteiger partial charge is 0.381 e. The van der Waals surface area contributed by atoms with Crippen LogP contribution in [0.25, 0.3) is 5.65 Å². The fraction of sp³-hybridized carbons (Fsp3) is 0.625. The van der Waals surface area contributed by atoms with Crippen LogP contribution >= 0.6 is 0 Å². The van der Waals surface area contributed by atoms with Gasteiger partial charge in [-0.05, 0) is 25.7 Å². The number of imidazole rings is 1. The number of nitrogens with zero attached hydrogens (tertiary/aromatic N) is 4. The van der Waals surface area contributed by atoms with E-state index in [2.05, 4.69) is 20.8 Å². The standard InChI is InChI=1S/C16H23N5O/c1-17-14-11-21-10-13(12-4-8-22-9-5-12)18-15(21)16(19-14)20-6-2-3-7-20/h10-12,17H,2-9H2,1H3. The van der Waals surface area contributed by atoms with Crippen molar-refractivity contribution >= 4 is 17.3 Å². The van der Waals surface area contributed by atoms with Gasteiger partial charge in [0.15, 0.2) is 11.5 Å². The first-order valence-corrected chi connectivity index (χ1v) is 8.25. The van der Waals surface area contributed by atoms with Crippen LogP contribution in [0.2, 0.25) is 0 Å². The lowest BCUT2D eigenvalue weighted by Gasteiger charge is -2.19. The maximum absolute atomic E-state index is 5.47. The van der Waals surface area contributed by atoms with Gasteiger partial charge in [-0.2, -0.15) is 0 Å². The minimum atomic E-state index is 0.512. The molecule has 0 unspecified atom stereocenters. The van der Waals surface area contributed by atoms with Crippen molar-refractivity contribution < 1.29 is 4.74 Å². The third kappa shape index (κ3) is 2.41. The summed E-state index contributed by atoms with van der Waals surface area (Å²) >= 11 is 0. The monoisotopic (exact) mass is 301 g/mol. The molecule has 0 amide bonds. The summed E-state index contributed by atoms with van der Waals surface area (Å²) in [6.45, 7) is 3.85. The molecule has 2 aromatic rings. The van der Waals surface area contributed by atoms with Gasteiger partial charge in [-0.1, -0.05) is 0 Å². The van der Waals surface area contributed by atoms with Crippen LogP contribution in [-0.4, -0.2) is 47.7 Å². The molecule has 2 aliphatic rings. The number of anilines is 2. The fourth-order valence-corrected chi connectivity index (χ4v) is 3.45. The van der Waals surface area contributed by atoms with Gasteiger partial charge < -0.3 is 19.4 Å². The molecule has 2 aromatic heterocycles. The zero-order chi connectivity index (χ0) is 14.9. The Morgan fingerprint density at radius 3 is 2.64 bits per heavy atom. The Morgan fingerprint density at radius 2 is 1.91 bits per heavy atom. The van der Waals surface area contributed by atoms with Crippen LogP contribution in [-0.2, 0) is 4.74 Å². The number of ether oxygens (including phenoxy) is 1. The van der Waals surface area contributed by atoms with E-state index in [1.807, 2.05) is 13.2 Å². The van der Waals surface area contributed by atoms with Crippen molar-refractivity contribution in [2.45, 2.75) is 31.6 Å². The third-order valence-corrected chi connectivity index (χ3v) is 4.74. The first-order chi connectivity index (χ1) is 10.8. The highest BCUT2D eigenvalue weighted by Crippen LogP contribution is 2.30. The van der Waals surface area contributed by atoms with E-state index in [-0.39, 0.29) is 0 Å². The van der Waals surface area contributed by atoms with Crippen LogP contribution in [0.4, 0.5) is 11.6 Å². The van der Waals surface area contributed by atoms with Crippen LogP contribution in [0, 0.1) is 0 Å². The van der Waals surface area contributed by atoms with Gasteiger partial charge in [0.1, 0.15) is 5.82 Å². The molecule has 6 nitrogen and oxygen atoms in total. The van der Waals surface area contributed by atoms with E-state index >= 15 is 0 Å². The molecule has 0 atom stereocenters. The number of aromatic nitrogens is 3. The van der Waals surface area contributed by atoms with Crippen molar-refractivity contribution in [1.82, 2.24) is 14.4 Å². The Hall–Kier alpha value is -1.82. The molecular formula is C16H23N5O. The highest BCUT2D eigenvalue weighted by molar-refractivity contribution is 5.67. The summed E-state index contributed by atoms with van der Waals surface area (Å²) in [7, 11) is 1.91. The van der Waals surface area contributed by atoms with Gasteiger partial charge in [0.2, 0.25) is 0 Å². The van der Waals surface area contributed by atoms with E-state index in [0.717, 1.165) is 56.4 Å². The Labute approximate surface area is 130 Å². The quantitative estimate of drug-likeness (QED) is 0.942. The topological polar surface area (TPSA) is 54.7 Å². The van der Waals surface area contributed by atoms with Crippen molar-refractivity contribution in [2.75, 3.05) is 43.6 Å². The number of rotatable bonds is 3. The molecule has 0 aromatic carbocycles. The van der Waals surface area contributed by atoms with Gasteiger partial charge in [-0.25, -0.2) is 9.97 Å². The lowest BCUT2D eigenvalue weighted by Crippen LogP contribution is -2.20. The van der Waals surface area contributed by atoms with Crippen molar-refractivity contribution in [1.29, 1.82) is 0 Å².